The van der Waals surface area contributed by atoms with Crippen LogP contribution in [0.1, 0.15) is 18.4 Å². The second-order valence-electron chi connectivity index (χ2n) is 4.44. The Balaban J connectivity index is 1.93. The first kappa shape index (κ1) is 11.0. The molecule has 0 aliphatic carbocycles. The molecule has 0 spiro atoms. The quantitative estimate of drug-likeness (QED) is 0.721. The maximum Gasteiger partial charge on any atom is 0.142 e. The number of nitrogens with zero attached hydrogens (tertiary/aromatic N) is 1. The molecule has 0 saturated carbocycles. The van der Waals surface area contributed by atoms with Gasteiger partial charge in [0, 0.05) is 13.1 Å². The van der Waals surface area contributed by atoms with E-state index in [0.29, 0.717) is 5.92 Å². The Kier molecular flexibility index (Phi) is 3.79. The zero-order chi connectivity index (χ0) is 11.2. The van der Waals surface area contributed by atoms with Crippen molar-refractivity contribution >= 4 is 5.94 Å². The lowest BCUT2D eigenvalue weighted by molar-refractivity contribution is 0.234. The minimum atomic E-state index is 0.667. The van der Waals surface area contributed by atoms with Crippen LogP contribution < -0.4 is 0 Å². The van der Waals surface area contributed by atoms with Crippen molar-refractivity contribution in [2.75, 3.05) is 13.1 Å². The van der Waals surface area contributed by atoms with Gasteiger partial charge in [-0.1, -0.05) is 30.3 Å². The summed E-state index contributed by atoms with van der Waals surface area (Å²) in [5, 5.41) is 0. The van der Waals surface area contributed by atoms with Crippen molar-refractivity contribution in [3.8, 4) is 0 Å². The van der Waals surface area contributed by atoms with Gasteiger partial charge in [-0.25, -0.2) is 4.79 Å². The lowest BCUT2D eigenvalue weighted by Crippen LogP contribution is -2.32. The molecule has 0 unspecified atom stereocenters. The average Bonchev–Trinajstić information content (AvgIpc) is 2.31. The number of benzene rings is 1. The Bertz CT molecular complexity index is 368. The maximum absolute atomic E-state index is 10.3. The van der Waals surface area contributed by atoms with Crippen LogP contribution >= 0.6 is 0 Å². The highest BCUT2D eigenvalue weighted by Crippen LogP contribution is 2.20. The van der Waals surface area contributed by atoms with Gasteiger partial charge in [-0.15, -0.1) is 0 Å². The molecule has 0 aromatic heterocycles. The summed E-state index contributed by atoms with van der Waals surface area (Å²) in [7, 11) is 0. The van der Waals surface area contributed by atoms with E-state index in [0.717, 1.165) is 19.5 Å². The van der Waals surface area contributed by atoms with E-state index in [1.165, 1.54) is 18.4 Å². The molecule has 1 aliphatic rings. The van der Waals surface area contributed by atoms with Crippen molar-refractivity contribution in [3.05, 3.63) is 42.1 Å². The van der Waals surface area contributed by atoms with Crippen LogP contribution in [0.4, 0.5) is 0 Å². The summed E-state index contributed by atoms with van der Waals surface area (Å²) in [6, 6.07) is 10.6. The first-order valence-electron chi connectivity index (χ1n) is 5.87. The van der Waals surface area contributed by atoms with E-state index in [1.807, 2.05) is 12.0 Å². The van der Waals surface area contributed by atoms with E-state index in [2.05, 4.69) is 29.2 Å². The van der Waals surface area contributed by atoms with Crippen molar-refractivity contribution < 1.29 is 4.79 Å². The van der Waals surface area contributed by atoms with E-state index in [1.54, 1.807) is 6.20 Å². The lowest BCUT2D eigenvalue weighted by atomic mass is 9.91. The van der Waals surface area contributed by atoms with Gasteiger partial charge in [-0.05, 0) is 30.7 Å². The second-order valence-corrected chi connectivity index (χ2v) is 4.44. The third-order valence-corrected chi connectivity index (χ3v) is 3.15. The monoisotopic (exact) mass is 215 g/mol. The zero-order valence-corrected chi connectivity index (χ0v) is 9.43. The minimum Gasteiger partial charge on any atom is -0.368 e. The van der Waals surface area contributed by atoms with E-state index in [4.69, 9.17) is 0 Å². The maximum atomic E-state index is 10.3. The van der Waals surface area contributed by atoms with Crippen LogP contribution in [0.15, 0.2) is 36.5 Å². The van der Waals surface area contributed by atoms with E-state index < -0.39 is 0 Å². The Morgan fingerprint density at radius 1 is 1.38 bits per heavy atom. The highest BCUT2D eigenvalue weighted by Gasteiger charge is 2.17. The van der Waals surface area contributed by atoms with Crippen LogP contribution in [0.5, 0.6) is 0 Å². The molecule has 2 rings (SSSR count). The number of hydrogen-bond donors (Lipinski definition) is 0. The Morgan fingerprint density at radius 3 is 2.94 bits per heavy atom. The number of piperidine rings is 1. The molecule has 2 nitrogen and oxygen atoms in total. The molecular formula is C14H17NO. The first-order chi connectivity index (χ1) is 7.88. The van der Waals surface area contributed by atoms with Crippen LogP contribution in [-0.2, 0) is 11.2 Å². The lowest BCUT2D eigenvalue weighted by Gasteiger charge is -2.31. The van der Waals surface area contributed by atoms with Gasteiger partial charge in [0.25, 0.3) is 0 Å². The smallest absolute Gasteiger partial charge is 0.142 e. The molecule has 0 amide bonds. The first-order valence-corrected chi connectivity index (χ1v) is 5.87. The summed E-state index contributed by atoms with van der Waals surface area (Å²) in [5.74, 6) is 2.54. The van der Waals surface area contributed by atoms with Gasteiger partial charge >= 0.3 is 0 Å². The Labute approximate surface area is 96.6 Å². The van der Waals surface area contributed by atoms with Crippen LogP contribution in [-0.4, -0.2) is 23.9 Å². The van der Waals surface area contributed by atoms with Gasteiger partial charge in [-0.3, -0.25) is 0 Å². The molecule has 1 aliphatic heterocycles. The zero-order valence-electron chi connectivity index (χ0n) is 9.43. The van der Waals surface area contributed by atoms with Gasteiger partial charge in [-0.2, -0.15) is 0 Å². The number of rotatable bonds is 3. The summed E-state index contributed by atoms with van der Waals surface area (Å²) >= 11 is 0. The number of carbonyl (C=O) groups excluding carboxylic acids is 1. The highest BCUT2D eigenvalue weighted by molar-refractivity contribution is 5.44. The summed E-state index contributed by atoms with van der Waals surface area (Å²) < 4.78 is 0. The predicted molar refractivity (Wildman–Crippen MR) is 64.7 cm³/mol. The SMILES string of the molecule is O=C=CN1CCC[C@@H](Cc2ccccc2)C1. The molecule has 16 heavy (non-hydrogen) atoms. The summed E-state index contributed by atoms with van der Waals surface area (Å²) in [6.07, 6.45) is 5.11. The normalized spacial score (nSPS) is 20.2. The Hall–Kier alpha value is -1.53. The van der Waals surface area contributed by atoms with Crippen LogP contribution in [0, 0.1) is 5.92 Å². The fraction of sp³-hybridized carbons (Fsp3) is 0.429. The van der Waals surface area contributed by atoms with E-state index >= 15 is 0 Å². The summed E-state index contributed by atoms with van der Waals surface area (Å²) in [6.45, 7) is 1.99. The van der Waals surface area contributed by atoms with Crippen LogP contribution in [0.2, 0.25) is 0 Å². The van der Waals surface area contributed by atoms with Gasteiger partial charge in [0.2, 0.25) is 0 Å². The molecule has 0 bridgehead atoms. The molecule has 1 atom stereocenters. The van der Waals surface area contributed by atoms with Crippen LogP contribution in [0.25, 0.3) is 0 Å². The topological polar surface area (TPSA) is 20.3 Å². The fourth-order valence-electron chi connectivity index (χ4n) is 2.40. The standard InChI is InChI=1S/C14H17NO/c16-10-9-15-8-4-7-14(12-15)11-13-5-2-1-3-6-13/h1-3,5-6,9,14H,4,7-8,11-12H2/t14-/m0/s1. The number of hydrogen-bond acceptors (Lipinski definition) is 2. The molecule has 1 fully saturated rings. The third-order valence-electron chi connectivity index (χ3n) is 3.15. The Morgan fingerprint density at radius 2 is 2.19 bits per heavy atom. The molecule has 84 valence electrons. The van der Waals surface area contributed by atoms with Crippen molar-refractivity contribution in [3.63, 3.8) is 0 Å². The fourth-order valence-corrected chi connectivity index (χ4v) is 2.40. The minimum absolute atomic E-state index is 0.667. The number of likely N-dealkylation sites (tertiary alicyclic amines) is 1. The van der Waals surface area contributed by atoms with Crippen molar-refractivity contribution in [1.29, 1.82) is 0 Å². The molecule has 1 heterocycles. The van der Waals surface area contributed by atoms with Crippen LogP contribution in [0.3, 0.4) is 0 Å². The van der Waals surface area contributed by atoms with Crippen molar-refractivity contribution in [2.45, 2.75) is 19.3 Å². The molecule has 0 N–H and O–H groups in total. The van der Waals surface area contributed by atoms with Gasteiger partial charge in [0.05, 0.1) is 6.20 Å². The summed E-state index contributed by atoms with van der Waals surface area (Å²) in [5.41, 5.74) is 1.39. The molecule has 1 aromatic rings. The molecule has 2 heteroatoms. The van der Waals surface area contributed by atoms with E-state index in [9.17, 15) is 4.79 Å². The van der Waals surface area contributed by atoms with Gasteiger partial charge in [0.1, 0.15) is 5.94 Å². The molecule has 1 aromatic carbocycles. The second kappa shape index (κ2) is 5.53. The molecule has 1 saturated heterocycles. The molecular weight excluding hydrogens is 198 g/mol. The third kappa shape index (κ3) is 2.98. The van der Waals surface area contributed by atoms with Gasteiger partial charge in [0.15, 0.2) is 0 Å². The average molecular weight is 215 g/mol. The highest BCUT2D eigenvalue weighted by atomic mass is 16.1. The van der Waals surface area contributed by atoms with E-state index in [-0.39, 0.29) is 0 Å². The summed E-state index contributed by atoms with van der Waals surface area (Å²) in [4.78, 5) is 12.4. The molecule has 0 radical (unpaired) electrons. The largest absolute Gasteiger partial charge is 0.368 e. The predicted octanol–water partition coefficient (Wildman–Crippen LogP) is 2.29. The van der Waals surface area contributed by atoms with Crippen molar-refractivity contribution in [1.82, 2.24) is 4.90 Å². The van der Waals surface area contributed by atoms with Crippen molar-refractivity contribution in [2.24, 2.45) is 5.92 Å². The van der Waals surface area contributed by atoms with Gasteiger partial charge < -0.3 is 4.90 Å².